The lowest BCUT2D eigenvalue weighted by atomic mass is 10.3. The fourth-order valence-corrected chi connectivity index (χ4v) is 1.52. The van der Waals surface area contributed by atoms with Gasteiger partial charge in [0.1, 0.15) is 0 Å². The van der Waals surface area contributed by atoms with E-state index in [9.17, 15) is 0 Å². The van der Waals surface area contributed by atoms with Gasteiger partial charge in [-0.05, 0) is 23.8 Å². The molecular weight excluding hydrogens is 204 g/mol. The molecule has 0 bridgehead atoms. The first-order chi connectivity index (χ1) is 7.81. The van der Waals surface area contributed by atoms with Crippen LogP contribution in [0.5, 0.6) is 0 Å². The fraction of sp³-hybridized carbons (Fsp3) is 0.0909. The zero-order valence-electron chi connectivity index (χ0n) is 8.61. The molecule has 0 aliphatic carbocycles. The zero-order chi connectivity index (χ0) is 11.4. The first-order valence-corrected chi connectivity index (χ1v) is 4.83. The van der Waals surface area contributed by atoms with E-state index in [1.165, 1.54) is 0 Å². The van der Waals surface area contributed by atoms with Gasteiger partial charge in [-0.2, -0.15) is 0 Å². The second-order valence-electron chi connectivity index (χ2n) is 3.37. The minimum absolute atomic E-state index is 0.105. The summed E-state index contributed by atoms with van der Waals surface area (Å²) in [4.78, 5) is 4.04. The Morgan fingerprint density at radius 2 is 2.31 bits per heavy atom. The standard InChI is InChI=1S/C11H12N4O/c12-11(14-16)10-4-2-6-15(10)8-9-3-1-5-13-7-9/h1-7,16H,8H2,(H2,12,14). The van der Waals surface area contributed by atoms with Crippen LogP contribution in [-0.2, 0) is 6.54 Å². The van der Waals surface area contributed by atoms with Gasteiger partial charge in [0.15, 0.2) is 5.84 Å². The number of amidine groups is 1. The van der Waals surface area contributed by atoms with Crippen LogP contribution in [0, 0.1) is 0 Å². The molecular formula is C11H12N4O. The Morgan fingerprint density at radius 3 is 3.00 bits per heavy atom. The van der Waals surface area contributed by atoms with Gasteiger partial charge in [-0.15, -0.1) is 0 Å². The Hall–Kier alpha value is -2.30. The summed E-state index contributed by atoms with van der Waals surface area (Å²) in [5.74, 6) is 0.105. The van der Waals surface area contributed by atoms with Crippen molar-refractivity contribution in [1.82, 2.24) is 9.55 Å². The van der Waals surface area contributed by atoms with Crippen molar-refractivity contribution in [3.63, 3.8) is 0 Å². The van der Waals surface area contributed by atoms with Gasteiger partial charge in [0.05, 0.1) is 5.69 Å². The number of pyridine rings is 1. The molecule has 2 heterocycles. The van der Waals surface area contributed by atoms with Crippen LogP contribution in [0.25, 0.3) is 0 Å². The van der Waals surface area contributed by atoms with Crippen LogP contribution in [0.1, 0.15) is 11.3 Å². The maximum Gasteiger partial charge on any atom is 0.186 e. The maximum absolute atomic E-state index is 8.63. The number of oxime groups is 1. The third-order valence-corrected chi connectivity index (χ3v) is 2.28. The van der Waals surface area contributed by atoms with Crippen LogP contribution < -0.4 is 5.73 Å². The summed E-state index contributed by atoms with van der Waals surface area (Å²) in [6.45, 7) is 0.645. The minimum atomic E-state index is 0.105. The molecule has 0 atom stereocenters. The van der Waals surface area contributed by atoms with Crippen molar-refractivity contribution in [1.29, 1.82) is 0 Å². The summed E-state index contributed by atoms with van der Waals surface area (Å²) in [6.07, 6.45) is 5.39. The average Bonchev–Trinajstić information content (AvgIpc) is 2.77. The molecule has 0 aliphatic heterocycles. The average molecular weight is 216 g/mol. The second-order valence-corrected chi connectivity index (χ2v) is 3.37. The lowest BCUT2D eigenvalue weighted by molar-refractivity contribution is 0.318. The van der Waals surface area contributed by atoms with E-state index in [1.54, 1.807) is 18.5 Å². The van der Waals surface area contributed by atoms with Crippen molar-refractivity contribution < 1.29 is 5.21 Å². The van der Waals surface area contributed by atoms with Gasteiger partial charge in [0.25, 0.3) is 0 Å². The summed E-state index contributed by atoms with van der Waals surface area (Å²) in [5, 5.41) is 11.6. The van der Waals surface area contributed by atoms with E-state index in [2.05, 4.69) is 10.1 Å². The van der Waals surface area contributed by atoms with E-state index in [1.807, 2.05) is 29.0 Å². The molecule has 2 rings (SSSR count). The van der Waals surface area contributed by atoms with Crippen molar-refractivity contribution >= 4 is 5.84 Å². The van der Waals surface area contributed by atoms with E-state index >= 15 is 0 Å². The molecule has 0 radical (unpaired) electrons. The topological polar surface area (TPSA) is 76.4 Å². The quantitative estimate of drug-likeness (QED) is 0.348. The van der Waals surface area contributed by atoms with Crippen LogP contribution in [0.3, 0.4) is 0 Å². The predicted octanol–water partition coefficient (Wildman–Crippen LogP) is 1.03. The SMILES string of the molecule is N/C(=N/O)c1cccn1Cc1cccnc1. The minimum Gasteiger partial charge on any atom is -0.409 e. The normalized spacial score (nSPS) is 11.6. The molecule has 0 aromatic carbocycles. The molecule has 5 heteroatoms. The first kappa shape index (κ1) is 10.2. The molecule has 2 aromatic rings. The van der Waals surface area contributed by atoms with Crippen LogP contribution in [0.2, 0.25) is 0 Å². The Morgan fingerprint density at radius 1 is 1.44 bits per heavy atom. The number of hydrogen-bond acceptors (Lipinski definition) is 3. The van der Waals surface area contributed by atoms with E-state index in [-0.39, 0.29) is 5.84 Å². The highest BCUT2D eigenvalue weighted by Gasteiger charge is 2.05. The predicted molar refractivity (Wildman–Crippen MR) is 60.3 cm³/mol. The zero-order valence-corrected chi connectivity index (χ0v) is 8.61. The van der Waals surface area contributed by atoms with Crippen LogP contribution in [0.15, 0.2) is 48.0 Å². The number of nitrogens with zero attached hydrogens (tertiary/aromatic N) is 3. The molecule has 0 aliphatic rings. The van der Waals surface area contributed by atoms with Crippen molar-refractivity contribution in [2.75, 3.05) is 0 Å². The Kier molecular flexibility index (Phi) is 2.86. The molecule has 0 unspecified atom stereocenters. The molecule has 0 amide bonds. The first-order valence-electron chi connectivity index (χ1n) is 4.83. The van der Waals surface area contributed by atoms with Crippen molar-refractivity contribution in [3.05, 3.63) is 54.1 Å². The van der Waals surface area contributed by atoms with Crippen molar-refractivity contribution in [2.24, 2.45) is 10.9 Å². The molecule has 0 spiro atoms. The van der Waals surface area contributed by atoms with Gasteiger partial charge in [-0.1, -0.05) is 11.2 Å². The van der Waals surface area contributed by atoms with E-state index in [4.69, 9.17) is 10.9 Å². The van der Waals surface area contributed by atoms with Crippen LogP contribution in [-0.4, -0.2) is 20.6 Å². The third-order valence-electron chi connectivity index (χ3n) is 2.28. The van der Waals surface area contributed by atoms with Crippen LogP contribution >= 0.6 is 0 Å². The van der Waals surface area contributed by atoms with Gasteiger partial charge in [0.2, 0.25) is 0 Å². The second kappa shape index (κ2) is 4.48. The molecule has 0 saturated carbocycles. The summed E-state index contributed by atoms with van der Waals surface area (Å²) in [5.41, 5.74) is 7.30. The summed E-state index contributed by atoms with van der Waals surface area (Å²) in [6, 6.07) is 7.50. The molecule has 16 heavy (non-hydrogen) atoms. The molecule has 3 N–H and O–H groups in total. The lowest BCUT2D eigenvalue weighted by Crippen LogP contribution is -2.18. The molecule has 82 valence electrons. The van der Waals surface area contributed by atoms with E-state index in [0.717, 1.165) is 5.56 Å². The molecule has 0 saturated heterocycles. The Balaban J connectivity index is 2.26. The smallest absolute Gasteiger partial charge is 0.186 e. The Bertz CT molecular complexity index is 490. The van der Waals surface area contributed by atoms with Gasteiger partial charge < -0.3 is 15.5 Å². The molecule has 0 fully saturated rings. The van der Waals surface area contributed by atoms with Gasteiger partial charge >= 0.3 is 0 Å². The van der Waals surface area contributed by atoms with Gasteiger partial charge in [0, 0.05) is 25.1 Å². The maximum atomic E-state index is 8.63. The number of rotatable bonds is 3. The number of aromatic nitrogens is 2. The van der Waals surface area contributed by atoms with E-state index < -0.39 is 0 Å². The third kappa shape index (κ3) is 2.03. The monoisotopic (exact) mass is 216 g/mol. The highest BCUT2D eigenvalue weighted by atomic mass is 16.4. The summed E-state index contributed by atoms with van der Waals surface area (Å²) < 4.78 is 1.89. The fourth-order valence-electron chi connectivity index (χ4n) is 1.52. The Labute approximate surface area is 92.8 Å². The molecule has 5 nitrogen and oxygen atoms in total. The lowest BCUT2D eigenvalue weighted by Gasteiger charge is -2.07. The van der Waals surface area contributed by atoms with Gasteiger partial charge in [-0.3, -0.25) is 4.98 Å². The summed E-state index contributed by atoms with van der Waals surface area (Å²) >= 11 is 0. The van der Waals surface area contributed by atoms with E-state index in [0.29, 0.717) is 12.2 Å². The summed E-state index contributed by atoms with van der Waals surface area (Å²) in [7, 11) is 0. The van der Waals surface area contributed by atoms with Crippen molar-refractivity contribution in [3.8, 4) is 0 Å². The van der Waals surface area contributed by atoms with Crippen molar-refractivity contribution in [2.45, 2.75) is 6.54 Å². The largest absolute Gasteiger partial charge is 0.409 e. The molecule has 2 aromatic heterocycles. The van der Waals surface area contributed by atoms with Gasteiger partial charge in [-0.25, -0.2) is 0 Å². The highest BCUT2D eigenvalue weighted by Crippen LogP contribution is 2.06. The number of nitrogens with two attached hydrogens (primary N) is 1. The number of hydrogen-bond donors (Lipinski definition) is 2. The van der Waals surface area contributed by atoms with Crippen LogP contribution in [0.4, 0.5) is 0 Å². The highest BCUT2D eigenvalue weighted by molar-refractivity contribution is 5.95.